The van der Waals surface area contributed by atoms with Gasteiger partial charge in [0.1, 0.15) is 0 Å². The molecule has 1 aromatic rings. The van der Waals surface area contributed by atoms with Gasteiger partial charge in [0.25, 0.3) is 0 Å². The molecule has 0 aromatic heterocycles. The SMILES string of the molecule is CCOCCOS(=O)c1ccc(C)cc1. The maximum Gasteiger partial charge on any atom is 0.189 e. The van der Waals surface area contributed by atoms with Crippen LogP contribution in [0.2, 0.25) is 0 Å². The van der Waals surface area contributed by atoms with Crippen LogP contribution in [0, 0.1) is 6.92 Å². The van der Waals surface area contributed by atoms with Crippen molar-refractivity contribution in [1.82, 2.24) is 0 Å². The van der Waals surface area contributed by atoms with Crippen LogP contribution >= 0.6 is 0 Å². The fourth-order valence-corrected chi connectivity index (χ4v) is 1.74. The van der Waals surface area contributed by atoms with Crippen LogP contribution in [0.3, 0.4) is 0 Å². The number of benzene rings is 1. The summed E-state index contributed by atoms with van der Waals surface area (Å²) in [5.41, 5.74) is 1.14. The minimum absolute atomic E-state index is 0.355. The molecule has 0 spiro atoms. The van der Waals surface area contributed by atoms with Gasteiger partial charge in [0.2, 0.25) is 0 Å². The molecule has 15 heavy (non-hydrogen) atoms. The maximum absolute atomic E-state index is 11.6. The predicted molar refractivity (Wildman–Crippen MR) is 60.0 cm³/mol. The fraction of sp³-hybridized carbons (Fsp3) is 0.455. The zero-order chi connectivity index (χ0) is 11.1. The van der Waals surface area contributed by atoms with E-state index in [1.165, 1.54) is 0 Å². The van der Waals surface area contributed by atoms with Crippen molar-refractivity contribution in [3.8, 4) is 0 Å². The molecule has 0 radical (unpaired) electrons. The lowest BCUT2D eigenvalue weighted by Gasteiger charge is -2.03. The summed E-state index contributed by atoms with van der Waals surface area (Å²) in [5, 5.41) is 0. The van der Waals surface area contributed by atoms with Crippen molar-refractivity contribution in [2.45, 2.75) is 18.7 Å². The van der Waals surface area contributed by atoms with Crippen LogP contribution in [0.25, 0.3) is 0 Å². The molecule has 1 aromatic carbocycles. The molecule has 1 atom stereocenters. The Morgan fingerprint density at radius 2 is 1.87 bits per heavy atom. The summed E-state index contributed by atoms with van der Waals surface area (Å²) in [6, 6.07) is 7.45. The van der Waals surface area contributed by atoms with Gasteiger partial charge in [-0.3, -0.25) is 4.18 Å². The zero-order valence-electron chi connectivity index (χ0n) is 9.06. The van der Waals surface area contributed by atoms with Gasteiger partial charge in [-0.2, -0.15) is 0 Å². The summed E-state index contributed by atoms with van der Waals surface area (Å²) in [4.78, 5) is 0.692. The molecule has 0 N–H and O–H groups in total. The molecule has 1 rings (SSSR count). The molecule has 0 amide bonds. The first-order valence-electron chi connectivity index (χ1n) is 4.93. The summed E-state index contributed by atoms with van der Waals surface area (Å²) >= 11 is -1.38. The Kier molecular flexibility index (Phi) is 5.53. The Bertz CT molecular complexity index is 308. The van der Waals surface area contributed by atoms with Crippen molar-refractivity contribution in [1.29, 1.82) is 0 Å². The number of aryl methyl sites for hydroxylation is 1. The molecule has 0 heterocycles. The van der Waals surface area contributed by atoms with Gasteiger partial charge in [0.15, 0.2) is 11.1 Å². The van der Waals surface area contributed by atoms with E-state index in [-0.39, 0.29) is 0 Å². The molecule has 0 saturated heterocycles. The van der Waals surface area contributed by atoms with Gasteiger partial charge in [0, 0.05) is 6.61 Å². The first-order valence-corrected chi connectivity index (χ1v) is 6.01. The Morgan fingerprint density at radius 3 is 2.47 bits per heavy atom. The van der Waals surface area contributed by atoms with Crippen molar-refractivity contribution in [2.75, 3.05) is 19.8 Å². The summed E-state index contributed by atoms with van der Waals surface area (Å²) in [7, 11) is 0. The second-order valence-electron chi connectivity index (χ2n) is 3.07. The third-order valence-corrected chi connectivity index (χ3v) is 2.87. The van der Waals surface area contributed by atoms with E-state index in [2.05, 4.69) is 0 Å². The van der Waals surface area contributed by atoms with E-state index in [1.54, 1.807) is 0 Å². The minimum Gasteiger partial charge on any atom is -0.379 e. The molecule has 0 aliphatic heterocycles. The second-order valence-corrected chi connectivity index (χ2v) is 4.24. The molecule has 0 saturated carbocycles. The first-order chi connectivity index (χ1) is 7.24. The van der Waals surface area contributed by atoms with Gasteiger partial charge < -0.3 is 4.74 Å². The largest absolute Gasteiger partial charge is 0.379 e. The summed E-state index contributed by atoms with van der Waals surface area (Å²) < 4.78 is 21.7. The summed E-state index contributed by atoms with van der Waals surface area (Å²) in [5.74, 6) is 0. The van der Waals surface area contributed by atoms with Gasteiger partial charge in [-0.15, -0.1) is 0 Å². The lowest BCUT2D eigenvalue weighted by atomic mass is 10.2. The molecule has 0 bridgehead atoms. The van der Waals surface area contributed by atoms with E-state index < -0.39 is 11.1 Å². The quantitative estimate of drug-likeness (QED) is 0.699. The average Bonchev–Trinajstić information content (AvgIpc) is 2.25. The van der Waals surface area contributed by atoms with Crippen LogP contribution in [0.5, 0.6) is 0 Å². The molecule has 4 heteroatoms. The molecule has 3 nitrogen and oxygen atoms in total. The van der Waals surface area contributed by atoms with E-state index in [4.69, 9.17) is 8.92 Å². The topological polar surface area (TPSA) is 35.5 Å². The number of rotatable bonds is 6. The van der Waals surface area contributed by atoms with E-state index in [1.807, 2.05) is 38.1 Å². The Balaban J connectivity index is 2.37. The van der Waals surface area contributed by atoms with Gasteiger partial charge in [0.05, 0.1) is 18.1 Å². The van der Waals surface area contributed by atoms with Crippen LogP contribution in [0.1, 0.15) is 12.5 Å². The van der Waals surface area contributed by atoms with Crippen molar-refractivity contribution < 1.29 is 13.1 Å². The smallest absolute Gasteiger partial charge is 0.189 e. The van der Waals surface area contributed by atoms with Crippen molar-refractivity contribution in [2.24, 2.45) is 0 Å². The van der Waals surface area contributed by atoms with Gasteiger partial charge in [-0.05, 0) is 26.0 Å². The summed E-state index contributed by atoms with van der Waals surface area (Å²) in [6.45, 7) is 5.39. The molecular formula is C11H16O3S. The van der Waals surface area contributed by atoms with Crippen LogP contribution in [-0.2, 0) is 20.0 Å². The maximum atomic E-state index is 11.6. The number of hydrogen-bond donors (Lipinski definition) is 0. The predicted octanol–water partition coefficient (Wildman–Crippen LogP) is 2.07. The van der Waals surface area contributed by atoms with Crippen LogP contribution in [0.15, 0.2) is 29.2 Å². The minimum atomic E-state index is -1.38. The molecule has 0 aliphatic rings. The van der Waals surface area contributed by atoms with E-state index >= 15 is 0 Å². The lowest BCUT2D eigenvalue weighted by molar-refractivity contribution is 0.115. The third kappa shape index (κ3) is 4.55. The average molecular weight is 228 g/mol. The highest BCUT2D eigenvalue weighted by atomic mass is 32.2. The lowest BCUT2D eigenvalue weighted by Crippen LogP contribution is -2.06. The van der Waals surface area contributed by atoms with Gasteiger partial charge in [-0.1, -0.05) is 17.7 Å². The van der Waals surface area contributed by atoms with E-state index in [9.17, 15) is 4.21 Å². The van der Waals surface area contributed by atoms with Crippen LogP contribution in [0.4, 0.5) is 0 Å². The third-order valence-electron chi connectivity index (χ3n) is 1.84. The van der Waals surface area contributed by atoms with Gasteiger partial charge in [-0.25, -0.2) is 4.21 Å². The zero-order valence-corrected chi connectivity index (χ0v) is 9.88. The summed E-state index contributed by atoms with van der Waals surface area (Å²) in [6.07, 6.45) is 0. The molecular weight excluding hydrogens is 212 g/mol. The molecule has 84 valence electrons. The molecule has 0 aliphatic carbocycles. The number of ether oxygens (including phenoxy) is 1. The van der Waals surface area contributed by atoms with E-state index in [0.29, 0.717) is 24.7 Å². The van der Waals surface area contributed by atoms with Crippen LogP contribution in [-0.4, -0.2) is 24.0 Å². The van der Waals surface area contributed by atoms with Crippen molar-refractivity contribution in [3.05, 3.63) is 29.8 Å². The Labute approximate surface area is 93.1 Å². The fourth-order valence-electron chi connectivity index (χ4n) is 1.03. The van der Waals surface area contributed by atoms with Gasteiger partial charge >= 0.3 is 0 Å². The van der Waals surface area contributed by atoms with E-state index in [0.717, 1.165) is 5.56 Å². The first kappa shape index (κ1) is 12.4. The monoisotopic (exact) mass is 228 g/mol. The Hall–Kier alpha value is -0.710. The normalized spacial score (nSPS) is 12.7. The van der Waals surface area contributed by atoms with Crippen molar-refractivity contribution in [3.63, 3.8) is 0 Å². The second kappa shape index (κ2) is 6.71. The van der Waals surface area contributed by atoms with Crippen molar-refractivity contribution >= 4 is 11.1 Å². The highest BCUT2D eigenvalue weighted by molar-refractivity contribution is 7.80. The van der Waals surface area contributed by atoms with Crippen LogP contribution < -0.4 is 0 Å². The number of hydrogen-bond acceptors (Lipinski definition) is 3. The standard InChI is InChI=1S/C11H16O3S/c1-3-13-8-9-14-15(12)11-6-4-10(2)5-7-11/h4-7H,3,8-9H2,1-2H3. The Morgan fingerprint density at radius 1 is 1.20 bits per heavy atom. The highest BCUT2D eigenvalue weighted by Gasteiger charge is 2.03. The molecule has 1 unspecified atom stereocenters. The molecule has 0 fully saturated rings. The highest BCUT2D eigenvalue weighted by Crippen LogP contribution is 2.08.